The van der Waals surface area contributed by atoms with Gasteiger partial charge in [-0.1, -0.05) is 30.3 Å². The SMILES string of the molecule is O=C1NC(=O)[C@]2(CCN(C(=O)C3CCC(c4ccccc4)CC3)C2)N1. The molecule has 6 nitrogen and oxygen atoms in total. The predicted molar refractivity (Wildman–Crippen MR) is 91.7 cm³/mol. The summed E-state index contributed by atoms with van der Waals surface area (Å²) < 4.78 is 0. The van der Waals surface area contributed by atoms with Crippen LogP contribution in [0.3, 0.4) is 0 Å². The van der Waals surface area contributed by atoms with Crippen molar-refractivity contribution in [3.05, 3.63) is 35.9 Å². The number of nitrogens with zero attached hydrogens (tertiary/aromatic N) is 1. The number of likely N-dealkylation sites (tertiary alicyclic amines) is 1. The lowest BCUT2D eigenvalue weighted by atomic mass is 9.78. The Bertz CT molecular complexity index is 697. The Balaban J connectivity index is 1.36. The molecule has 132 valence electrons. The molecule has 1 aliphatic carbocycles. The topological polar surface area (TPSA) is 78.5 Å². The first kappa shape index (κ1) is 16.1. The van der Waals surface area contributed by atoms with Gasteiger partial charge in [0.1, 0.15) is 5.54 Å². The summed E-state index contributed by atoms with van der Waals surface area (Å²) in [5.41, 5.74) is 0.451. The molecular weight excluding hydrogens is 318 g/mol. The summed E-state index contributed by atoms with van der Waals surface area (Å²) in [6.45, 7) is 0.827. The Morgan fingerprint density at radius 2 is 1.80 bits per heavy atom. The van der Waals surface area contributed by atoms with Crippen LogP contribution in [0.25, 0.3) is 0 Å². The van der Waals surface area contributed by atoms with Crippen molar-refractivity contribution in [3.63, 3.8) is 0 Å². The van der Waals surface area contributed by atoms with Gasteiger partial charge in [0.05, 0.1) is 6.54 Å². The van der Waals surface area contributed by atoms with Gasteiger partial charge in [-0.2, -0.15) is 0 Å². The third-order valence-electron chi connectivity index (χ3n) is 5.94. The van der Waals surface area contributed by atoms with Gasteiger partial charge in [-0.3, -0.25) is 14.9 Å². The van der Waals surface area contributed by atoms with E-state index in [-0.39, 0.29) is 17.7 Å². The van der Waals surface area contributed by atoms with Gasteiger partial charge in [0.25, 0.3) is 5.91 Å². The highest BCUT2D eigenvalue weighted by Gasteiger charge is 2.52. The fourth-order valence-corrected chi connectivity index (χ4v) is 4.47. The minimum Gasteiger partial charge on any atom is -0.339 e. The summed E-state index contributed by atoms with van der Waals surface area (Å²) in [4.78, 5) is 38.1. The van der Waals surface area contributed by atoms with E-state index in [4.69, 9.17) is 0 Å². The van der Waals surface area contributed by atoms with Crippen LogP contribution < -0.4 is 10.6 Å². The first-order valence-corrected chi connectivity index (χ1v) is 9.05. The summed E-state index contributed by atoms with van der Waals surface area (Å²) in [6.07, 6.45) is 4.32. The third-order valence-corrected chi connectivity index (χ3v) is 5.94. The van der Waals surface area contributed by atoms with Crippen LogP contribution in [0.1, 0.15) is 43.6 Å². The van der Waals surface area contributed by atoms with E-state index in [1.807, 2.05) is 6.07 Å². The minimum atomic E-state index is -0.909. The van der Waals surface area contributed by atoms with Crippen molar-refractivity contribution in [2.75, 3.05) is 13.1 Å². The smallest absolute Gasteiger partial charge is 0.322 e. The highest BCUT2D eigenvalue weighted by atomic mass is 16.2. The zero-order valence-electron chi connectivity index (χ0n) is 14.2. The van der Waals surface area contributed by atoms with Gasteiger partial charge >= 0.3 is 6.03 Å². The molecule has 0 radical (unpaired) electrons. The fraction of sp³-hybridized carbons (Fsp3) is 0.526. The second-order valence-corrected chi connectivity index (χ2v) is 7.46. The highest BCUT2D eigenvalue weighted by molar-refractivity contribution is 6.07. The van der Waals surface area contributed by atoms with E-state index >= 15 is 0 Å². The third kappa shape index (κ3) is 2.90. The van der Waals surface area contributed by atoms with Crippen LogP contribution in [-0.4, -0.2) is 41.4 Å². The Morgan fingerprint density at radius 3 is 2.44 bits per heavy atom. The lowest BCUT2D eigenvalue weighted by Gasteiger charge is -2.31. The lowest BCUT2D eigenvalue weighted by molar-refractivity contribution is -0.136. The molecule has 4 rings (SSSR count). The van der Waals surface area contributed by atoms with E-state index in [1.54, 1.807) is 4.90 Å². The molecular formula is C19H23N3O3. The molecule has 0 aromatic heterocycles. The normalized spacial score (nSPS) is 31.9. The fourth-order valence-electron chi connectivity index (χ4n) is 4.47. The van der Waals surface area contributed by atoms with Crippen LogP contribution in [0.4, 0.5) is 4.79 Å². The maximum Gasteiger partial charge on any atom is 0.322 e. The number of imide groups is 1. The zero-order chi connectivity index (χ0) is 17.4. The van der Waals surface area contributed by atoms with E-state index in [0.717, 1.165) is 25.7 Å². The Labute approximate surface area is 147 Å². The molecule has 2 saturated heterocycles. The number of urea groups is 1. The Kier molecular flexibility index (Phi) is 3.98. The number of carbonyl (C=O) groups is 3. The van der Waals surface area contributed by atoms with Gasteiger partial charge in [-0.05, 0) is 43.6 Å². The number of rotatable bonds is 2. The van der Waals surface area contributed by atoms with Crippen molar-refractivity contribution in [2.45, 2.75) is 43.6 Å². The number of benzene rings is 1. The molecule has 2 N–H and O–H groups in total. The number of hydrogen-bond donors (Lipinski definition) is 2. The molecule has 2 aliphatic heterocycles. The van der Waals surface area contributed by atoms with E-state index in [0.29, 0.717) is 25.4 Å². The second kappa shape index (κ2) is 6.17. The van der Waals surface area contributed by atoms with Crippen molar-refractivity contribution in [1.29, 1.82) is 0 Å². The van der Waals surface area contributed by atoms with Crippen LogP contribution in [0, 0.1) is 5.92 Å². The summed E-state index contributed by atoms with van der Waals surface area (Å²) in [5.74, 6) is 0.406. The summed E-state index contributed by atoms with van der Waals surface area (Å²) in [5, 5.41) is 4.99. The predicted octanol–water partition coefficient (Wildman–Crippen LogP) is 1.77. The quantitative estimate of drug-likeness (QED) is 0.805. The summed E-state index contributed by atoms with van der Waals surface area (Å²) in [6, 6.07) is 10.0. The van der Waals surface area contributed by atoms with Gasteiger partial charge < -0.3 is 10.2 Å². The van der Waals surface area contributed by atoms with Crippen molar-refractivity contribution in [2.24, 2.45) is 5.92 Å². The molecule has 4 amide bonds. The van der Waals surface area contributed by atoms with Crippen molar-refractivity contribution in [3.8, 4) is 0 Å². The minimum absolute atomic E-state index is 0.0373. The molecule has 0 bridgehead atoms. The molecule has 6 heteroatoms. The Morgan fingerprint density at radius 1 is 1.08 bits per heavy atom. The molecule has 25 heavy (non-hydrogen) atoms. The van der Waals surface area contributed by atoms with E-state index in [9.17, 15) is 14.4 Å². The molecule has 0 unspecified atom stereocenters. The Hall–Kier alpha value is -2.37. The molecule has 1 atom stereocenters. The number of nitrogens with one attached hydrogen (secondary N) is 2. The molecule has 3 fully saturated rings. The van der Waals surface area contributed by atoms with E-state index in [2.05, 4.69) is 34.9 Å². The van der Waals surface area contributed by atoms with Crippen molar-refractivity contribution < 1.29 is 14.4 Å². The summed E-state index contributed by atoms with van der Waals surface area (Å²) >= 11 is 0. The average molecular weight is 341 g/mol. The number of hydrogen-bond acceptors (Lipinski definition) is 3. The van der Waals surface area contributed by atoms with Crippen LogP contribution >= 0.6 is 0 Å². The zero-order valence-corrected chi connectivity index (χ0v) is 14.2. The van der Waals surface area contributed by atoms with Crippen LogP contribution in [-0.2, 0) is 9.59 Å². The first-order chi connectivity index (χ1) is 12.1. The highest BCUT2D eigenvalue weighted by Crippen LogP contribution is 2.37. The second-order valence-electron chi connectivity index (χ2n) is 7.46. The number of carbonyl (C=O) groups excluding carboxylic acids is 3. The van der Waals surface area contributed by atoms with Gasteiger partial charge in [0.2, 0.25) is 5.91 Å². The van der Waals surface area contributed by atoms with Gasteiger partial charge in [0.15, 0.2) is 0 Å². The first-order valence-electron chi connectivity index (χ1n) is 9.05. The van der Waals surface area contributed by atoms with Gasteiger partial charge in [-0.15, -0.1) is 0 Å². The van der Waals surface area contributed by atoms with E-state index in [1.165, 1.54) is 5.56 Å². The monoisotopic (exact) mass is 341 g/mol. The molecule has 1 saturated carbocycles. The summed E-state index contributed by atoms with van der Waals surface area (Å²) in [7, 11) is 0. The maximum atomic E-state index is 12.9. The largest absolute Gasteiger partial charge is 0.339 e. The molecule has 1 spiro atoms. The van der Waals surface area contributed by atoms with Crippen LogP contribution in [0.15, 0.2) is 30.3 Å². The standard InChI is InChI=1S/C19H23N3O3/c23-16(22-11-10-19(12-22)17(24)20-18(25)21-19)15-8-6-14(7-9-15)13-4-2-1-3-5-13/h1-5,14-15H,6-12H2,(H2,20,21,24,25)/t14?,15?,19-/m1/s1. The van der Waals surface area contributed by atoms with Crippen molar-refractivity contribution >= 4 is 17.8 Å². The van der Waals surface area contributed by atoms with Crippen LogP contribution in [0.2, 0.25) is 0 Å². The molecule has 2 heterocycles. The van der Waals surface area contributed by atoms with Crippen LogP contribution in [0.5, 0.6) is 0 Å². The van der Waals surface area contributed by atoms with Crippen molar-refractivity contribution in [1.82, 2.24) is 15.5 Å². The molecule has 1 aromatic carbocycles. The molecule has 3 aliphatic rings. The average Bonchev–Trinajstić information content (AvgIpc) is 3.18. The van der Waals surface area contributed by atoms with E-state index < -0.39 is 11.6 Å². The van der Waals surface area contributed by atoms with Gasteiger partial charge in [-0.25, -0.2) is 4.79 Å². The maximum absolute atomic E-state index is 12.9. The molecule has 1 aromatic rings. The lowest BCUT2D eigenvalue weighted by Crippen LogP contribution is -2.50. The van der Waals surface area contributed by atoms with Gasteiger partial charge in [0, 0.05) is 12.5 Å². The number of amides is 4.